The van der Waals surface area contributed by atoms with Gasteiger partial charge in [-0.25, -0.2) is 4.98 Å². The number of carbonyl (C=O) groups is 1. The van der Waals surface area contributed by atoms with Gasteiger partial charge in [0.05, 0.1) is 30.0 Å². The van der Waals surface area contributed by atoms with Gasteiger partial charge in [0.1, 0.15) is 5.82 Å². The first-order chi connectivity index (χ1) is 9.28. The predicted octanol–water partition coefficient (Wildman–Crippen LogP) is 0.348. The maximum absolute atomic E-state index is 12.2. The maximum atomic E-state index is 12.2. The van der Waals surface area contributed by atoms with Crippen molar-refractivity contribution in [1.82, 2.24) is 25.5 Å². The van der Waals surface area contributed by atoms with E-state index >= 15 is 0 Å². The molecule has 0 saturated carbocycles. The van der Waals surface area contributed by atoms with E-state index in [0.717, 1.165) is 23.4 Å². The molecule has 1 amide bonds. The third-order valence-electron chi connectivity index (χ3n) is 3.39. The van der Waals surface area contributed by atoms with Gasteiger partial charge in [-0.15, -0.1) is 0 Å². The molecule has 2 aromatic heterocycles. The van der Waals surface area contributed by atoms with Gasteiger partial charge in [0.15, 0.2) is 0 Å². The Morgan fingerprint density at radius 3 is 3.32 bits per heavy atom. The Balaban J connectivity index is 1.69. The lowest BCUT2D eigenvalue weighted by Crippen LogP contribution is -2.45. The van der Waals surface area contributed by atoms with Crippen LogP contribution in [0.15, 0.2) is 12.5 Å². The number of rotatable bonds is 3. The lowest BCUT2D eigenvalue weighted by Gasteiger charge is -2.22. The molecule has 7 nitrogen and oxygen atoms in total. The number of nitrogens with zero attached hydrogens (tertiary/aromatic N) is 2. The second-order valence-electron chi connectivity index (χ2n) is 4.58. The molecule has 1 unspecified atom stereocenters. The van der Waals surface area contributed by atoms with Crippen molar-refractivity contribution in [2.75, 3.05) is 5.32 Å². The first-order valence-corrected chi connectivity index (χ1v) is 6.35. The molecule has 1 aliphatic rings. The Hall–Kier alpha value is -2.15. The number of fused-ring (bicyclic) bond motifs is 1. The van der Waals surface area contributed by atoms with Gasteiger partial charge in [0, 0.05) is 18.5 Å². The normalized spacial score (nSPS) is 18.1. The van der Waals surface area contributed by atoms with Gasteiger partial charge in [0.25, 0.3) is 0 Å². The summed E-state index contributed by atoms with van der Waals surface area (Å²) in [4.78, 5) is 19.5. The summed E-state index contributed by atoms with van der Waals surface area (Å²) in [5.41, 5.74) is 3.02. The number of aryl methyl sites for hydroxylation is 1. The van der Waals surface area contributed by atoms with Crippen LogP contribution in [-0.2, 0) is 24.2 Å². The summed E-state index contributed by atoms with van der Waals surface area (Å²) >= 11 is 0. The van der Waals surface area contributed by atoms with Crippen LogP contribution in [0.25, 0.3) is 0 Å². The molecule has 1 atom stereocenters. The van der Waals surface area contributed by atoms with Crippen molar-refractivity contribution < 1.29 is 4.79 Å². The Morgan fingerprint density at radius 1 is 1.58 bits per heavy atom. The second kappa shape index (κ2) is 4.85. The van der Waals surface area contributed by atoms with Crippen molar-refractivity contribution in [3.8, 4) is 0 Å². The number of aromatic amines is 2. The minimum atomic E-state index is -0.260. The van der Waals surface area contributed by atoms with Gasteiger partial charge >= 0.3 is 0 Å². The smallest absolute Gasteiger partial charge is 0.243 e. The van der Waals surface area contributed by atoms with Crippen LogP contribution in [0.1, 0.15) is 23.9 Å². The van der Waals surface area contributed by atoms with Gasteiger partial charge in [-0.2, -0.15) is 5.10 Å². The highest BCUT2D eigenvalue weighted by atomic mass is 16.2. The zero-order valence-electron chi connectivity index (χ0n) is 10.7. The average molecular weight is 260 g/mol. The number of aromatic nitrogens is 4. The zero-order chi connectivity index (χ0) is 13.2. The highest BCUT2D eigenvalue weighted by Gasteiger charge is 2.26. The fraction of sp³-hybridized carbons (Fsp3) is 0.417. The van der Waals surface area contributed by atoms with E-state index < -0.39 is 0 Å². The molecule has 7 heteroatoms. The van der Waals surface area contributed by atoms with E-state index in [1.807, 2.05) is 6.92 Å². The summed E-state index contributed by atoms with van der Waals surface area (Å²) in [5, 5.41) is 12.8. The van der Waals surface area contributed by atoms with E-state index in [1.165, 1.54) is 0 Å². The quantitative estimate of drug-likeness (QED) is 0.640. The fourth-order valence-electron chi connectivity index (χ4n) is 2.25. The van der Waals surface area contributed by atoms with Crippen LogP contribution in [0.4, 0.5) is 5.82 Å². The van der Waals surface area contributed by atoms with Crippen molar-refractivity contribution in [3.05, 3.63) is 29.5 Å². The van der Waals surface area contributed by atoms with Crippen molar-refractivity contribution in [1.29, 1.82) is 0 Å². The molecule has 2 aromatic rings. The summed E-state index contributed by atoms with van der Waals surface area (Å²) < 4.78 is 0. The van der Waals surface area contributed by atoms with Gasteiger partial charge in [-0.1, -0.05) is 6.92 Å². The Kier molecular flexibility index (Phi) is 3.04. The molecular formula is C12H16N6O. The van der Waals surface area contributed by atoms with Gasteiger partial charge in [-0.05, 0) is 6.42 Å². The third kappa shape index (κ3) is 2.24. The molecule has 1 aliphatic heterocycles. The lowest BCUT2D eigenvalue weighted by atomic mass is 10.0. The Labute approximate surface area is 110 Å². The first kappa shape index (κ1) is 11.9. The molecule has 0 bridgehead atoms. The van der Waals surface area contributed by atoms with Crippen LogP contribution in [0.3, 0.4) is 0 Å². The summed E-state index contributed by atoms with van der Waals surface area (Å²) in [5.74, 6) is 0.620. The Morgan fingerprint density at radius 2 is 2.47 bits per heavy atom. The van der Waals surface area contributed by atoms with E-state index in [4.69, 9.17) is 0 Å². The molecule has 3 rings (SSSR count). The molecule has 0 aromatic carbocycles. The highest BCUT2D eigenvalue weighted by Crippen LogP contribution is 2.15. The van der Waals surface area contributed by atoms with Crippen LogP contribution in [0, 0.1) is 0 Å². The molecule has 19 heavy (non-hydrogen) atoms. The number of hydrogen-bond donors (Lipinski definition) is 4. The number of H-pyrrole nitrogens is 2. The maximum Gasteiger partial charge on any atom is 0.243 e. The van der Waals surface area contributed by atoms with E-state index in [1.54, 1.807) is 12.5 Å². The molecule has 0 radical (unpaired) electrons. The largest absolute Gasteiger partial charge is 0.347 e. The molecule has 0 fully saturated rings. The number of amides is 1. The third-order valence-corrected chi connectivity index (χ3v) is 3.39. The lowest BCUT2D eigenvalue weighted by molar-refractivity contribution is -0.118. The highest BCUT2D eigenvalue weighted by molar-refractivity contribution is 5.94. The van der Waals surface area contributed by atoms with Crippen LogP contribution < -0.4 is 10.6 Å². The monoisotopic (exact) mass is 260 g/mol. The van der Waals surface area contributed by atoms with E-state index in [2.05, 4.69) is 30.8 Å². The minimum Gasteiger partial charge on any atom is -0.347 e. The number of anilines is 1. The summed E-state index contributed by atoms with van der Waals surface area (Å²) in [6, 6.07) is -0.260. The van der Waals surface area contributed by atoms with E-state index in [-0.39, 0.29) is 11.9 Å². The van der Waals surface area contributed by atoms with Crippen molar-refractivity contribution in [2.24, 2.45) is 0 Å². The topological polar surface area (TPSA) is 98.5 Å². The average Bonchev–Trinajstić information content (AvgIpc) is 3.05. The van der Waals surface area contributed by atoms with Gasteiger partial charge in [0.2, 0.25) is 5.91 Å². The van der Waals surface area contributed by atoms with E-state index in [0.29, 0.717) is 18.8 Å². The molecule has 0 spiro atoms. The molecular weight excluding hydrogens is 244 g/mol. The van der Waals surface area contributed by atoms with Crippen LogP contribution >= 0.6 is 0 Å². The molecule has 0 saturated heterocycles. The second-order valence-corrected chi connectivity index (χ2v) is 4.58. The minimum absolute atomic E-state index is 0.0624. The summed E-state index contributed by atoms with van der Waals surface area (Å²) in [7, 11) is 0. The standard InChI is InChI=1S/C12H16N6O/c1-2-7-4-16-18-11(7)17-12(19)9-3-8-10(5-13-9)15-6-14-8/h4,6,9,13H,2-3,5H2,1H3,(H,14,15)(H2,16,17,18,19). The summed E-state index contributed by atoms with van der Waals surface area (Å²) in [6.45, 7) is 2.66. The summed E-state index contributed by atoms with van der Waals surface area (Å²) in [6.07, 6.45) is 4.82. The first-order valence-electron chi connectivity index (χ1n) is 6.35. The van der Waals surface area contributed by atoms with Crippen molar-refractivity contribution in [3.63, 3.8) is 0 Å². The number of hydrogen-bond acceptors (Lipinski definition) is 4. The van der Waals surface area contributed by atoms with Crippen LogP contribution in [-0.4, -0.2) is 32.1 Å². The zero-order valence-corrected chi connectivity index (χ0v) is 10.7. The SMILES string of the molecule is CCc1cn[nH]c1NC(=O)C1Cc2nc[nH]c2CN1. The number of imidazole rings is 1. The molecule has 100 valence electrons. The van der Waals surface area contributed by atoms with Gasteiger partial charge < -0.3 is 10.3 Å². The molecule has 3 heterocycles. The fourth-order valence-corrected chi connectivity index (χ4v) is 2.25. The van der Waals surface area contributed by atoms with Crippen molar-refractivity contribution >= 4 is 11.7 Å². The van der Waals surface area contributed by atoms with E-state index in [9.17, 15) is 4.79 Å². The molecule has 4 N–H and O–H groups in total. The molecule has 0 aliphatic carbocycles. The predicted molar refractivity (Wildman–Crippen MR) is 69.5 cm³/mol. The van der Waals surface area contributed by atoms with Crippen LogP contribution in [0.2, 0.25) is 0 Å². The van der Waals surface area contributed by atoms with Crippen LogP contribution in [0.5, 0.6) is 0 Å². The van der Waals surface area contributed by atoms with Crippen molar-refractivity contribution in [2.45, 2.75) is 32.4 Å². The Bertz CT molecular complexity index is 587. The number of nitrogens with one attached hydrogen (secondary N) is 4. The number of carbonyl (C=O) groups excluding carboxylic acids is 1. The van der Waals surface area contributed by atoms with Gasteiger partial charge in [-0.3, -0.25) is 15.2 Å².